The molecule has 1 aromatic carbocycles. The molecule has 0 saturated heterocycles. The van der Waals surface area contributed by atoms with Crippen LogP contribution in [-0.2, 0) is 6.54 Å². The van der Waals surface area contributed by atoms with Gasteiger partial charge in [0.15, 0.2) is 5.96 Å². The average Bonchev–Trinajstić information content (AvgIpc) is 3.05. The van der Waals surface area contributed by atoms with Crippen LogP contribution in [0.5, 0.6) is 0 Å². The molecule has 1 aliphatic rings. The summed E-state index contributed by atoms with van der Waals surface area (Å²) in [5, 5.41) is 6.75. The molecule has 1 aromatic rings. The quantitative estimate of drug-likeness (QED) is 0.337. The minimum atomic E-state index is 0. The second-order valence-electron chi connectivity index (χ2n) is 5.43. The molecule has 4 nitrogen and oxygen atoms in total. The van der Waals surface area contributed by atoms with Crippen molar-refractivity contribution in [1.29, 1.82) is 0 Å². The lowest BCUT2D eigenvalue weighted by molar-refractivity contribution is 0.624. The Morgan fingerprint density at radius 3 is 2.68 bits per heavy atom. The van der Waals surface area contributed by atoms with Crippen molar-refractivity contribution in [2.24, 2.45) is 4.99 Å². The van der Waals surface area contributed by atoms with Gasteiger partial charge in [-0.05, 0) is 31.0 Å². The van der Waals surface area contributed by atoms with Crippen LogP contribution in [0.1, 0.15) is 25.8 Å². The summed E-state index contributed by atoms with van der Waals surface area (Å²) in [4.78, 5) is 6.62. The molecule has 0 saturated carbocycles. The van der Waals surface area contributed by atoms with Crippen molar-refractivity contribution in [3.63, 3.8) is 0 Å². The Labute approximate surface area is 151 Å². The van der Waals surface area contributed by atoms with Gasteiger partial charge >= 0.3 is 0 Å². The first kappa shape index (κ1) is 18.8. The van der Waals surface area contributed by atoms with Crippen LogP contribution in [0, 0.1) is 0 Å². The molecule has 22 heavy (non-hydrogen) atoms. The molecular formula is C17H27IN4. The lowest BCUT2D eigenvalue weighted by Gasteiger charge is -2.19. The van der Waals surface area contributed by atoms with E-state index in [0.29, 0.717) is 6.04 Å². The Bertz CT molecular complexity index is 505. The van der Waals surface area contributed by atoms with Gasteiger partial charge in [0.05, 0.1) is 0 Å². The van der Waals surface area contributed by atoms with Crippen molar-refractivity contribution in [2.45, 2.75) is 32.9 Å². The number of rotatable bonds is 5. The van der Waals surface area contributed by atoms with Crippen LogP contribution < -0.4 is 15.5 Å². The molecule has 1 unspecified atom stereocenters. The summed E-state index contributed by atoms with van der Waals surface area (Å²) in [5.41, 5.74) is 2.55. The Morgan fingerprint density at radius 1 is 1.32 bits per heavy atom. The summed E-state index contributed by atoms with van der Waals surface area (Å²) in [6.45, 7) is 7.12. The van der Waals surface area contributed by atoms with Crippen LogP contribution in [0.2, 0.25) is 0 Å². The Hall–Kier alpha value is -1.24. The first-order valence-electron chi connectivity index (χ1n) is 7.69. The highest BCUT2D eigenvalue weighted by Crippen LogP contribution is 2.18. The van der Waals surface area contributed by atoms with Gasteiger partial charge in [0.25, 0.3) is 0 Å². The number of nitrogens with one attached hydrogen (secondary N) is 2. The number of nitrogens with zero attached hydrogens (tertiary/aromatic N) is 2. The molecule has 5 heteroatoms. The summed E-state index contributed by atoms with van der Waals surface area (Å²) < 4.78 is 0. The number of halogens is 1. The molecule has 0 aromatic heterocycles. The lowest BCUT2D eigenvalue weighted by atomic mass is 10.2. The number of benzene rings is 1. The zero-order chi connectivity index (χ0) is 15.1. The van der Waals surface area contributed by atoms with Crippen molar-refractivity contribution in [2.75, 3.05) is 25.0 Å². The maximum Gasteiger partial charge on any atom is 0.191 e. The van der Waals surface area contributed by atoms with Gasteiger partial charge in [-0.25, -0.2) is 0 Å². The number of hydrogen-bond acceptors (Lipinski definition) is 2. The fraction of sp³-hybridized carbons (Fsp3) is 0.471. The summed E-state index contributed by atoms with van der Waals surface area (Å²) in [5.74, 6) is 0.859. The molecule has 0 amide bonds. The van der Waals surface area contributed by atoms with E-state index in [2.05, 4.69) is 70.8 Å². The predicted molar refractivity (Wildman–Crippen MR) is 106 cm³/mol. The molecule has 2 rings (SSSR count). The van der Waals surface area contributed by atoms with Crippen LogP contribution in [0.4, 0.5) is 5.69 Å². The van der Waals surface area contributed by atoms with Crippen LogP contribution in [0.25, 0.3) is 0 Å². The predicted octanol–water partition coefficient (Wildman–Crippen LogP) is 3.14. The second-order valence-corrected chi connectivity index (χ2v) is 5.43. The minimum absolute atomic E-state index is 0. The van der Waals surface area contributed by atoms with E-state index in [1.54, 1.807) is 0 Å². The summed E-state index contributed by atoms with van der Waals surface area (Å²) >= 11 is 0. The van der Waals surface area contributed by atoms with E-state index < -0.39 is 0 Å². The summed E-state index contributed by atoms with van der Waals surface area (Å²) in [6, 6.07) is 9.11. The largest absolute Gasteiger partial charge is 0.364 e. The zero-order valence-corrected chi connectivity index (χ0v) is 16.0. The standard InChI is InChI=1S/C17H26N4.HI/c1-4-14(2)20-17(18-3)19-13-15-8-7-9-16(12-15)21-10-5-6-11-21;/h5-9,12,14H,4,10-11,13H2,1-3H3,(H2,18,19,20);1H. The number of anilines is 1. The molecule has 122 valence electrons. The van der Waals surface area contributed by atoms with E-state index in [9.17, 15) is 0 Å². The van der Waals surface area contributed by atoms with Crippen LogP contribution in [-0.4, -0.2) is 32.1 Å². The van der Waals surface area contributed by atoms with E-state index in [1.165, 1.54) is 11.3 Å². The topological polar surface area (TPSA) is 39.7 Å². The number of guanidine groups is 1. The fourth-order valence-corrected chi connectivity index (χ4v) is 2.27. The van der Waals surface area contributed by atoms with E-state index in [0.717, 1.165) is 32.0 Å². The molecule has 0 fully saturated rings. The van der Waals surface area contributed by atoms with Gasteiger partial charge in [-0.2, -0.15) is 0 Å². The smallest absolute Gasteiger partial charge is 0.191 e. The third kappa shape index (κ3) is 5.51. The van der Waals surface area contributed by atoms with E-state index in [-0.39, 0.29) is 24.0 Å². The number of hydrogen-bond donors (Lipinski definition) is 2. The zero-order valence-electron chi connectivity index (χ0n) is 13.7. The minimum Gasteiger partial charge on any atom is -0.364 e. The summed E-state index contributed by atoms with van der Waals surface area (Å²) in [7, 11) is 1.81. The van der Waals surface area contributed by atoms with E-state index in [1.807, 2.05) is 7.05 Å². The second kappa shape index (κ2) is 9.71. The maximum atomic E-state index is 4.26. The van der Waals surface area contributed by atoms with Crippen molar-refractivity contribution in [1.82, 2.24) is 10.6 Å². The molecule has 0 bridgehead atoms. The van der Waals surface area contributed by atoms with Crippen molar-refractivity contribution >= 4 is 35.6 Å². The molecule has 0 radical (unpaired) electrons. The van der Waals surface area contributed by atoms with Crippen molar-refractivity contribution < 1.29 is 0 Å². The van der Waals surface area contributed by atoms with Gasteiger partial charge in [0, 0.05) is 38.4 Å². The van der Waals surface area contributed by atoms with Gasteiger partial charge in [0.2, 0.25) is 0 Å². The SMILES string of the molecule is CCC(C)NC(=NC)NCc1cccc(N2CC=CC2)c1.I. The highest BCUT2D eigenvalue weighted by Gasteiger charge is 2.08. The van der Waals surface area contributed by atoms with E-state index in [4.69, 9.17) is 0 Å². The Morgan fingerprint density at radius 2 is 2.05 bits per heavy atom. The highest BCUT2D eigenvalue weighted by atomic mass is 127. The van der Waals surface area contributed by atoms with Gasteiger partial charge < -0.3 is 15.5 Å². The van der Waals surface area contributed by atoms with Gasteiger partial charge in [-0.15, -0.1) is 24.0 Å². The van der Waals surface area contributed by atoms with Gasteiger partial charge in [-0.3, -0.25) is 4.99 Å². The Balaban J connectivity index is 0.00000242. The maximum absolute atomic E-state index is 4.26. The molecule has 2 N–H and O–H groups in total. The third-order valence-electron chi connectivity index (χ3n) is 3.77. The van der Waals surface area contributed by atoms with Gasteiger partial charge in [0.1, 0.15) is 0 Å². The molecule has 0 spiro atoms. The normalized spacial score (nSPS) is 15.4. The average molecular weight is 414 g/mol. The number of aliphatic imine (C=N–C) groups is 1. The van der Waals surface area contributed by atoms with Crippen LogP contribution in [0.15, 0.2) is 41.4 Å². The van der Waals surface area contributed by atoms with Crippen LogP contribution in [0.3, 0.4) is 0 Å². The monoisotopic (exact) mass is 414 g/mol. The van der Waals surface area contributed by atoms with Crippen molar-refractivity contribution in [3.8, 4) is 0 Å². The first-order chi connectivity index (χ1) is 10.2. The fourth-order valence-electron chi connectivity index (χ4n) is 2.27. The molecule has 0 aliphatic carbocycles. The molecule has 1 atom stereocenters. The molecule has 1 aliphatic heterocycles. The molecule has 1 heterocycles. The molecular weight excluding hydrogens is 387 g/mol. The highest BCUT2D eigenvalue weighted by molar-refractivity contribution is 14.0. The van der Waals surface area contributed by atoms with Gasteiger partial charge in [-0.1, -0.05) is 31.2 Å². The van der Waals surface area contributed by atoms with Crippen molar-refractivity contribution in [3.05, 3.63) is 42.0 Å². The lowest BCUT2D eigenvalue weighted by Crippen LogP contribution is -2.41. The van der Waals surface area contributed by atoms with E-state index >= 15 is 0 Å². The first-order valence-corrected chi connectivity index (χ1v) is 7.69. The van der Waals surface area contributed by atoms with Crippen LogP contribution >= 0.6 is 24.0 Å². The Kier molecular flexibility index (Phi) is 8.30. The summed E-state index contributed by atoms with van der Waals surface area (Å²) in [6.07, 6.45) is 5.50. The third-order valence-corrected chi connectivity index (χ3v) is 3.77.